The fourth-order valence-corrected chi connectivity index (χ4v) is 3.69. The Morgan fingerprint density at radius 3 is 2.41 bits per heavy atom. The number of carbonyl (C=O) groups excluding carboxylic acids is 2. The Morgan fingerprint density at radius 2 is 1.67 bits per heavy atom. The molecule has 4 rings (SSSR count). The topological polar surface area (TPSA) is 64.6 Å². The maximum absolute atomic E-state index is 12.5. The van der Waals surface area contributed by atoms with E-state index < -0.39 is 0 Å². The van der Waals surface area contributed by atoms with Gasteiger partial charge in [-0.15, -0.1) is 11.3 Å². The van der Waals surface area contributed by atoms with E-state index in [2.05, 4.69) is 5.32 Å². The summed E-state index contributed by atoms with van der Waals surface area (Å²) in [5.41, 5.74) is 2.25. The molecule has 0 bridgehead atoms. The van der Waals surface area contributed by atoms with Crippen LogP contribution in [0.25, 0.3) is 10.4 Å². The molecule has 0 saturated carbocycles. The number of thiophene rings is 1. The second-order valence-corrected chi connectivity index (χ2v) is 7.19. The van der Waals surface area contributed by atoms with Gasteiger partial charge < -0.3 is 14.8 Å². The van der Waals surface area contributed by atoms with Gasteiger partial charge >= 0.3 is 0 Å². The van der Waals surface area contributed by atoms with Crippen molar-refractivity contribution in [3.8, 4) is 21.9 Å². The molecule has 1 aliphatic rings. The summed E-state index contributed by atoms with van der Waals surface area (Å²) in [4.78, 5) is 25.4. The number of hydrogen-bond acceptors (Lipinski definition) is 5. The van der Waals surface area contributed by atoms with E-state index in [4.69, 9.17) is 9.47 Å². The van der Waals surface area contributed by atoms with Crippen LogP contribution in [0.5, 0.6) is 11.5 Å². The van der Waals surface area contributed by atoms with Gasteiger partial charge in [-0.05, 0) is 67.1 Å². The largest absolute Gasteiger partial charge is 0.486 e. The van der Waals surface area contributed by atoms with Crippen molar-refractivity contribution in [1.29, 1.82) is 0 Å². The van der Waals surface area contributed by atoms with Crippen LogP contribution < -0.4 is 14.8 Å². The van der Waals surface area contributed by atoms with Gasteiger partial charge in [-0.3, -0.25) is 9.59 Å². The highest BCUT2D eigenvalue weighted by Crippen LogP contribution is 2.37. The summed E-state index contributed by atoms with van der Waals surface area (Å²) in [5, 5.41) is 2.85. The minimum atomic E-state index is -0.181. The second kappa shape index (κ2) is 7.25. The van der Waals surface area contributed by atoms with E-state index in [9.17, 15) is 9.59 Å². The molecule has 1 aliphatic heterocycles. The third kappa shape index (κ3) is 3.71. The summed E-state index contributed by atoms with van der Waals surface area (Å²) >= 11 is 1.41. The molecular formula is C21H17NO4S. The first-order valence-corrected chi connectivity index (χ1v) is 9.34. The zero-order valence-electron chi connectivity index (χ0n) is 14.7. The molecule has 5 nitrogen and oxygen atoms in total. The summed E-state index contributed by atoms with van der Waals surface area (Å²) in [7, 11) is 0. The molecule has 0 radical (unpaired) electrons. The fourth-order valence-electron chi connectivity index (χ4n) is 2.79. The van der Waals surface area contributed by atoms with Crippen LogP contribution in [0.3, 0.4) is 0 Å². The number of carbonyl (C=O) groups is 2. The molecule has 0 aliphatic carbocycles. The van der Waals surface area contributed by atoms with Crippen LogP contribution in [0.15, 0.2) is 54.6 Å². The van der Waals surface area contributed by atoms with Crippen LogP contribution in [-0.4, -0.2) is 24.9 Å². The SMILES string of the molecule is CC(=O)c1ccc(NC(=O)c2ccc(-c3ccc4c(c3)OCCO4)s2)cc1. The quantitative estimate of drug-likeness (QED) is 0.671. The van der Waals surface area contributed by atoms with Gasteiger partial charge in [-0.1, -0.05) is 0 Å². The minimum Gasteiger partial charge on any atom is -0.486 e. The van der Waals surface area contributed by atoms with E-state index >= 15 is 0 Å². The van der Waals surface area contributed by atoms with Crippen molar-refractivity contribution in [2.24, 2.45) is 0 Å². The molecule has 1 amide bonds. The monoisotopic (exact) mass is 379 g/mol. The molecule has 3 aromatic rings. The van der Waals surface area contributed by atoms with Crippen LogP contribution in [0, 0.1) is 0 Å². The van der Waals surface area contributed by atoms with Crippen molar-refractivity contribution < 1.29 is 19.1 Å². The van der Waals surface area contributed by atoms with Gasteiger partial charge in [0.2, 0.25) is 0 Å². The smallest absolute Gasteiger partial charge is 0.265 e. The average molecular weight is 379 g/mol. The van der Waals surface area contributed by atoms with Gasteiger partial charge in [-0.25, -0.2) is 0 Å². The van der Waals surface area contributed by atoms with Gasteiger partial charge in [0.05, 0.1) is 4.88 Å². The third-order valence-corrected chi connectivity index (χ3v) is 5.34. The number of fused-ring (bicyclic) bond motifs is 1. The Kier molecular flexibility index (Phi) is 4.64. The summed E-state index contributed by atoms with van der Waals surface area (Å²) < 4.78 is 11.2. The van der Waals surface area contributed by atoms with Gasteiger partial charge in [-0.2, -0.15) is 0 Å². The van der Waals surface area contributed by atoms with Crippen LogP contribution in [-0.2, 0) is 0 Å². The Hall–Kier alpha value is -3.12. The zero-order valence-corrected chi connectivity index (χ0v) is 15.5. The van der Waals surface area contributed by atoms with E-state index in [0.29, 0.717) is 29.3 Å². The normalized spacial score (nSPS) is 12.5. The van der Waals surface area contributed by atoms with Gasteiger partial charge in [0.1, 0.15) is 13.2 Å². The number of ketones is 1. The van der Waals surface area contributed by atoms with E-state index in [0.717, 1.165) is 21.9 Å². The Balaban J connectivity index is 1.50. The lowest BCUT2D eigenvalue weighted by atomic mass is 10.1. The van der Waals surface area contributed by atoms with Crippen molar-refractivity contribution in [2.45, 2.75) is 6.92 Å². The fraction of sp³-hybridized carbons (Fsp3) is 0.143. The highest BCUT2D eigenvalue weighted by atomic mass is 32.1. The molecule has 0 fully saturated rings. The Bertz CT molecular complexity index is 1010. The standard InChI is InChI=1S/C21H17NO4S/c1-13(23)14-2-5-16(6-3-14)22-21(24)20-9-8-19(27-20)15-4-7-17-18(12-15)26-11-10-25-17/h2-9,12H,10-11H2,1H3,(H,22,24). The number of anilines is 1. The van der Waals surface area contributed by atoms with Gasteiger partial charge in [0.25, 0.3) is 5.91 Å². The molecule has 0 unspecified atom stereocenters. The summed E-state index contributed by atoms with van der Waals surface area (Å²) in [5.74, 6) is 1.28. The van der Waals surface area contributed by atoms with Gasteiger partial charge in [0.15, 0.2) is 17.3 Å². The first-order chi connectivity index (χ1) is 13.1. The van der Waals surface area contributed by atoms with Crippen molar-refractivity contribution in [2.75, 3.05) is 18.5 Å². The number of amides is 1. The molecule has 1 aromatic heterocycles. The summed E-state index contributed by atoms with van der Waals surface area (Å²) in [6, 6.07) is 16.4. The number of rotatable bonds is 4. The lowest BCUT2D eigenvalue weighted by molar-refractivity contribution is 0.101. The first-order valence-electron chi connectivity index (χ1n) is 8.52. The summed E-state index contributed by atoms with van der Waals surface area (Å²) in [6.07, 6.45) is 0. The van der Waals surface area contributed by atoms with E-state index in [1.807, 2.05) is 24.3 Å². The van der Waals surface area contributed by atoms with Crippen LogP contribution >= 0.6 is 11.3 Å². The number of benzene rings is 2. The van der Waals surface area contributed by atoms with Crippen molar-refractivity contribution in [3.05, 3.63) is 65.0 Å². The zero-order chi connectivity index (χ0) is 18.8. The van der Waals surface area contributed by atoms with Crippen molar-refractivity contribution >= 4 is 28.7 Å². The second-order valence-electron chi connectivity index (χ2n) is 6.11. The highest BCUT2D eigenvalue weighted by molar-refractivity contribution is 7.17. The predicted molar refractivity (Wildman–Crippen MR) is 105 cm³/mol. The number of ether oxygens (including phenoxy) is 2. The average Bonchev–Trinajstić information content (AvgIpc) is 3.18. The molecule has 136 valence electrons. The third-order valence-electron chi connectivity index (χ3n) is 4.21. The molecule has 0 atom stereocenters. The maximum Gasteiger partial charge on any atom is 0.265 e. The lowest BCUT2D eigenvalue weighted by Crippen LogP contribution is -2.15. The molecule has 2 heterocycles. The lowest BCUT2D eigenvalue weighted by Gasteiger charge is -2.18. The van der Waals surface area contributed by atoms with Crippen molar-refractivity contribution in [1.82, 2.24) is 0 Å². The van der Waals surface area contributed by atoms with E-state index in [1.165, 1.54) is 18.3 Å². The van der Waals surface area contributed by atoms with Crippen LogP contribution in [0.4, 0.5) is 5.69 Å². The predicted octanol–water partition coefficient (Wildman–Crippen LogP) is 4.64. The van der Waals surface area contributed by atoms with Crippen LogP contribution in [0.1, 0.15) is 27.0 Å². The van der Waals surface area contributed by atoms with E-state index in [1.54, 1.807) is 30.3 Å². The molecule has 0 saturated heterocycles. The first kappa shape index (κ1) is 17.3. The molecule has 0 spiro atoms. The number of Topliss-reactive ketones (excluding diaryl/α,β-unsaturated/α-hetero) is 1. The number of nitrogens with one attached hydrogen (secondary N) is 1. The Morgan fingerprint density at radius 1 is 0.926 bits per heavy atom. The highest BCUT2D eigenvalue weighted by Gasteiger charge is 2.15. The Labute approximate surface area is 160 Å². The minimum absolute atomic E-state index is 0.00444. The molecule has 6 heteroatoms. The molecule has 27 heavy (non-hydrogen) atoms. The molecule has 2 aromatic carbocycles. The van der Waals surface area contributed by atoms with Crippen molar-refractivity contribution in [3.63, 3.8) is 0 Å². The van der Waals surface area contributed by atoms with E-state index in [-0.39, 0.29) is 11.7 Å². The molecule has 1 N–H and O–H groups in total. The maximum atomic E-state index is 12.5. The van der Waals surface area contributed by atoms with Crippen LogP contribution in [0.2, 0.25) is 0 Å². The summed E-state index contributed by atoms with van der Waals surface area (Å²) in [6.45, 7) is 2.61. The molecular weight excluding hydrogens is 362 g/mol. The number of hydrogen-bond donors (Lipinski definition) is 1. The van der Waals surface area contributed by atoms with Gasteiger partial charge in [0, 0.05) is 16.1 Å².